The Kier molecular flexibility index (Phi) is 4.24. The predicted octanol–water partition coefficient (Wildman–Crippen LogP) is 2.13. The van der Waals surface area contributed by atoms with Crippen molar-refractivity contribution in [1.29, 1.82) is 0 Å². The summed E-state index contributed by atoms with van der Waals surface area (Å²) in [4.78, 5) is 0. The Bertz CT molecular complexity index is 198. The average Bonchev–Trinajstić information content (AvgIpc) is 2.14. The van der Waals surface area contributed by atoms with Gasteiger partial charge in [0.05, 0.1) is 6.61 Å². The molecule has 0 heterocycles. The van der Waals surface area contributed by atoms with E-state index in [2.05, 4.69) is 5.32 Å². The molecule has 0 aliphatic rings. The molecule has 2 nitrogen and oxygen atoms in total. The van der Waals surface area contributed by atoms with Crippen molar-refractivity contribution < 1.29 is 4.74 Å². The van der Waals surface area contributed by atoms with E-state index >= 15 is 0 Å². The van der Waals surface area contributed by atoms with E-state index in [-0.39, 0.29) is 0 Å². The van der Waals surface area contributed by atoms with Crippen LogP contribution in [0.15, 0.2) is 30.3 Å². The van der Waals surface area contributed by atoms with E-state index in [0.717, 1.165) is 25.4 Å². The molecule has 0 saturated heterocycles. The number of para-hydroxylation sites is 1. The van der Waals surface area contributed by atoms with Gasteiger partial charge < -0.3 is 10.1 Å². The number of anilines is 1. The summed E-state index contributed by atoms with van der Waals surface area (Å²) < 4.78 is 5.19. The second-order valence-electron chi connectivity index (χ2n) is 2.49. The minimum atomic E-state index is 0.769. The maximum absolute atomic E-state index is 5.19. The molecule has 0 spiro atoms. The lowest BCUT2D eigenvalue weighted by molar-refractivity contribution is 0.158. The van der Waals surface area contributed by atoms with E-state index in [9.17, 15) is 0 Å². The summed E-state index contributed by atoms with van der Waals surface area (Å²) in [5.41, 5.74) is 1.15. The zero-order valence-electron chi connectivity index (χ0n) is 7.42. The first-order valence-corrected chi connectivity index (χ1v) is 4.30. The Morgan fingerprint density at radius 3 is 2.67 bits per heavy atom. The first-order valence-electron chi connectivity index (χ1n) is 4.30. The minimum Gasteiger partial charge on any atom is -0.383 e. The largest absolute Gasteiger partial charge is 0.383 e. The van der Waals surface area contributed by atoms with Crippen LogP contribution in [-0.2, 0) is 4.74 Å². The summed E-state index contributed by atoms with van der Waals surface area (Å²) in [6.45, 7) is 4.43. The van der Waals surface area contributed by atoms with E-state index in [1.165, 1.54) is 0 Å². The molecule has 66 valence electrons. The number of hydrogen-bond donors (Lipinski definition) is 1. The van der Waals surface area contributed by atoms with Crippen LogP contribution in [0.3, 0.4) is 0 Å². The highest BCUT2D eigenvalue weighted by Crippen LogP contribution is 2.03. The van der Waals surface area contributed by atoms with Crippen LogP contribution in [0.1, 0.15) is 6.92 Å². The SMILES string of the molecule is CCOCCNc1ccccc1. The van der Waals surface area contributed by atoms with Crippen molar-refractivity contribution in [3.05, 3.63) is 30.3 Å². The van der Waals surface area contributed by atoms with Gasteiger partial charge in [-0.1, -0.05) is 18.2 Å². The summed E-state index contributed by atoms with van der Waals surface area (Å²) in [5, 5.41) is 3.25. The molecule has 0 amide bonds. The molecule has 12 heavy (non-hydrogen) atoms. The lowest BCUT2D eigenvalue weighted by atomic mass is 10.3. The Balaban J connectivity index is 2.16. The third kappa shape index (κ3) is 3.39. The fourth-order valence-electron chi connectivity index (χ4n) is 0.968. The highest BCUT2D eigenvalue weighted by atomic mass is 16.5. The van der Waals surface area contributed by atoms with Crippen molar-refractivity contribution >= 4 is 5.69 Å². The van der Waals surface area contributed by atoms with Crippen LogP contribution in [0.5, 0.6) is 0 Å². The molecule has 0 aliphatic carbocycles. The smallest absolute Gasteiger partial charge is 0.0638 e. The van der Waals surface area contributed by atoms with Gasteiger partial charge in [-0.2, -0.15) is 0 Å². The van der Waals surface area contributed by atoms with Crippen LogP contribution < -0.4 is 5.32 Å². The van der Waals surface area contributed by atoms with E-state index in [1.807, 2.05) is 37.3 Å². The summed E-state index contributed by atoms with van der Waals surface area (Å²) >= 11 is 0. The van der Waals surface area contributed by atoms with E-state index in [0.29, 0.717) is 0 Å². The van der Waals surface area contributed by atoms with Crippen molar-refractivity contribution in [3.8, 4) is 0 Å². The van der Waals surface area contributed by atoms with Crippen molar-refractivity contribution in [2.45, 2.75) is 6.92 Å². The van der Waals surface area contributed by atoms with Gasteiger partial charge in [-0.3, -0.25) is 0 Å². The van der Waals surface area contributed by atoms with Gasteiger partial charge in [0.2, 0.25) is 0 Å². The maximum Gasteiger partial charge on any atom is 0.0638 e. The lowest BCUT2D eigenvalue weighted by Gasteiger charge is -2.05. The molecule has 1 N–H and O–H groups in total. The third-order valence-electron chi connectivity index (χ3n) is 1.55. The molecule has 0 saturated carbocycles. The minimum absolute atomic E-state index is 0.769. The molecule has 0 radical (unpaired) electrons. The summed E-state index contributed by atoms with van der Waals surface area (Å²) in [5.74, 6) is 0. The Hall–Kier alpha value is -1.02. The fourth-order valence-corrected chi connectivity index (χ4v) is 0.968. The topological polar surface area (TPSA) is 21.3 Å². The zero-order chi connectivity index (χ0) is 8.65. The lowest BCUT2D eigenvalue weighted by Crippen LogP contribution is -2.08. The van der Waals surface area contributed by atoms with Crippen LogP contribution >= 0.6 is 0 Å². The van der Waals surface area contributed by atoms with Gasteiger partial charge >= 0.3 is 0 Å². The molecule has 2 heteroatoms. The zero-order valence-corrected chi connectivity index (χ0v) is 7.42. The summed E-state index contributed by atoms with van der Waals surface area (Å²) in [6.07, 6.45) is 0. The Morgan fingerprint density at radius 2 is 2.00 bits per heavy atom. The first kappa shape index (κ1) is 9.07. The molecule has 0 aromatic heterocycles. The number of rotatable bonds is 5. The van der Waals surface area contributed by atoms with Crippen LogP contribution in [0.2, 0.25) is 0 Å². The van der Waals surface area contributed by atoms with Crippen molar-refractivity contribution in [3.63, 3.8) is 0 Å². The molecule has 0 fully saturated rings. The van der Waals surface area contributed by atoms with Gasteiger partial charge in [0.15, 0.2) is 0 Å². The van der Waals surface area contributed by atoms with Crippen LogP contribution in [-0.4, -0.2) is 19.8 Å². The molecular formula is C10H15NO. The molecule has 1 aromatic rings. The average molecular weight is 165 g/mol. The number of benzene rings is 1. The maximum atomic E-state index is 5.19. The Morgan fingerprint density at radius 1 is 1.25 bits per heavy atom. The predicted molar refractivity (Wildman–Crippen MR) is 51.4 cm³/mol. The Labute approximate surface area is 73.6 Å². The molecule has 0 bridgehead atoms. The van der Waals surface area contributed by atoms with Gasteiger partial charge in [-0.15, -0.1) is 0 Å². The van der Waals surface area contributed by atoms with Crippen molar-refractivity contribution in [2.24, 2.45) is 0 Å². The van der Waals surface area contributed by atoms with Crippen molar-refractivity contribution in [2.75, 3.05) is 25.1 Å². The summed E-state index contributed by atoms with van der Waals surface area (Å²) in [6, 6.07) is 10.1. The van der Waals surface area contributed by atoms with Gasteiger partial charge in [0.25, 0.3) is 0 Å². The van der Waals surface area contributed by atoms with E-state index in [1.54, 1.807) is 0 Å². The highest BCUT2D eigenvalue weighted by molar-refractivity contribution is 5.42. The van der Waals surface area contributed by atoms with Crippen LogP contribution in [0, 0.1) is 0 Å². The van der Waals surface area contributed by atoms with Gasteiger partial charge in [0, 0.05) is 18.8 Å². The van der Waals surface area contributed by atoms with Gasteiger partial charge in [-0.05, 0) is 19.1 Å². The standard InChI is InChI=1S/C10H15NO/c1-2-12-9-8-11-10-6-4-3-5-7-10/h3-7,11H,2,8-9H2,1H3. The van der Waals surface area contributed by atoms with E-state index < -0.39 is 0 Å². The monoisotopic (exact) mass is 165 g/mol. The summed E-state index contributed by atoms with van der Waals surface area (Å²) in [7, 11) is 0. The van der Waals surface area contributed by atoms with Crippen LogP contribution in [0.25, 0.3) is 0 Å². The van der Waals surface area contributed by atoms with Gasteiger partial charge in [-0.25, -0.2) is 0 Å². The van der Waals surface area contributed by atoms with Crippen LogP contribution in [0.4, 0.5) is 5.69 Å². The van der Waals surface area contributed by atoms with Gasteiger partial charge in [0.1, 0.15) is 0 Å². The normalized spacial score (nSPS) is 9.75. The second kappa shape index (κ2) is 5.61. The molecular weight excluding hydrogens is 150 g/mol. The molecule has 1 aromatic carbocycles. The molecule has 0 unspecified atom stereocenters. The highest BCUT2D eigenvalue weighted by Gasteiger charge is 1.87. The fraction of sp³-hybridized carbons (Fsp3) is 0.400. The first-order chi connectivity index (χ1) is 5.93. The second-order valence-corrected chi connectivity index (χ2v) is 2.49. The quantitative estimate of drug-likeness (QED) is 0.675. The van der Waals surface area contributed by atoms with Crippen molar-refractivity contribution in [1.82, 2.24) is 0 Å². The number of hydrogen-bond acceptors (Lipinski definition) is 2. The molecule has 0 atom stereocenters. The molecule has 1 rings (SSSR count). The number of ether oxygens (including phenoxy) is 1. The molecule has 0 aliphatic heterocycles. The third-order valence-corrected chi connectivity index (χ3v) is 1.55. The number of nitrogens with one attached hydrogen (secondary N) is 1. The van der Waals surface area contributed by atoms with E-state index in [4.69, 9.17) is 4.74 Å².